The monoisotopic (exact) mass is 280 g/mol. The maximum absolute atomic E-state index is 12.1. The Hall–Kier alpha value is -2.11. The largest absolute Gasteiger partial charge is 0.480 e. The molecule has 0 aromatic carbocycles. The van der Waals surface area contributed by atoms with Crippen LogP contribution in [0.15, 0.2) is 16.9 Å². The number of carboxylic acids is 1. The molecule has 110 valence electrons. The van der Waals surface area contributed by atoms with Gasteiger partial charge in [0.1, 0.15) is 6.04 Å². The molecule has 0 fully saturated rings. The van der Waals surface area contributed by atoms with Crippen molar-refractivity contribution in [1.29, 1.82) is 0 Å². The Morgan fingerprint density at radius 1 is 1.20 bits per heavy atom. The number of aliphatic carboxylic acids is 1. The molecule has 0 unspecified atom stereocenters. The van der Waals surface area contributed by atoms with E-state index >= 15 is 0 Å². The van der Waals surface area contributed by atoms with Gasteiger partial charge in [0.15, 0.2) is 0 Å². The first-order valence-electron chi connectivity index (χ1n) is 6.50. The van der Waals surface area contributed by atoms with Crippen molar-refractivity contribution in [2.45, 2.75) is 39.7 Å². The zero-order chi connectivity index (χ0) is 15.4. The van der Waals surface area contributed by atoms with Crippen LogP contribution in [0.5, 0.6) is 0 Å². The van der Waals surface area contributed by atoms with E-state index < -0.39 is 17.9 Å². The van der Waals surface area contributed by atoms with Crippen LogP contribution in [-0.4, -0.2) is 28.0 Å². The van der Waals surface area contributed by atoms with E-state index in [0.29, 0.717) is 5.69 Å². The maximum Gasteiger partial charge on any atom is 0.326 e. The summed E-state index contributed by atoms with van der Waals surface area (Å²) in [5.41, 5.74) is 0.432. The highest BCUT2D eigenvalue weighted by atomic mass is 16.4. The Kier molecular flexibility index (Phi) is 5.07. The minimum atomic E-state index is -1.10. The van der Waals surface area contributed by atoms with Crippen molar-refractivity contribution in [1.82, 2.24) is 10.3 Å². The van der Waals surface area contributed by atoms with Gasteiger partial charge in [0.25, 0.3) is 5.91 Å². The average molecular weight is 280 g/mol. The van der Waals surface area contributed by atoms with E-state index in [0.717, 1.165) is 0 Å². The molecule has 1 rings (SSSR count). The summed E-state index contributed by atoms with van der Waals surface area (Å²) in [6.07, 6.45) is 0. The number of aromatic nitrogens is 1. The summed E-state index contributed by atoms with van der Waals surface area (Å²) in [5.74, 6) is -1.83. The molecule has 0 aliphatic carbocycles. The van der Waals surface area contributed by atoms with Crippen LogP contribution in [0.3, 0.4) is 0 Å². The third kappa shape index (κ3) is 3.94. The number of nitrogens with one attached hydrogen (secondary N) is 2. The summed E-state index contributed by atoms with van der Waals surface area (Å²) in [4.78, 5) is 37.3. The van der Waals surface area contributed by atoms with E-state index in [1.165, 1.54) is 6.07 Å². The van der Waals surface area contributed by atoms with Gasteiger partial charge in [0.2, 0.25) is 5.56 Å². The first-order valence-corrected chi connectivity index (χ1v) is 6.50. The fourth-order valence-corrected chi connectivity index (χ4v) is 1.75. The van der Waals surface area contributed by atoms with E-state index in [9.17, 15) is 14.4 Å². The lowest BCUT2D eigenvalue weighted by molar-refractivity contribution is -0.140. The maximum atomic E-state index is 12.1. The second-order valence-corrected chi connectivity index (χ2v) is 5.38. The molecule has 6 heteroatoms. The second kappa shape index (κ2) is 6.36. The third-order valence-electron chi connectivity index (χ3n) is 2.97. The number of H-pyrrole nitrogens is 1. The molecular weight excluding hydrogens is 260 g/mol. The lowest BCUT2D eigenvalue weighted by Gasteiger charge is -2.18. The Morgan fingerprint density at radius 2 is 1.80 bits per heavy atom. The number of hydrogen-bond donors (Lipinski definition) is 3. The van der Waals surface area contributed by atoms with Gasteiger partial charge in [-0.1, -0.05) is 27.7 Å². The van der Waals surface area contributed by atoms with Crippen LogP contribution in [0, 0.1) is 5.92 Å². The van der Waals surface area contributed by atoms with Crippen molar-refractivity contribution in [3.8, 4) is 0 Å². The first-order chi connectivity index (χ1) is 9.22. The van der Waals surface area contributed by atoms with Gasteiger partial charge in [-0.05, 0) is 17.9 Å². The zero-order valence-electron chi connectivity index (χ0n) is 12.1. The average Bonchev–Trinajstić information content (AvgIpc) is 2.33. The van der Waals surface area contributed by atoms with E-state index in [-0.39, 0.29) is 23.0 Å². The fourth-order valence-electron chi connectivity index (χ4n) is 1.75. The highest BCUT2D eigenvalue weighted by Crippen LogP contribution is 2.11. The van der Waals surface area contributed by atoms with E-state index in [4.69, 9.17) is 5.11 Å². The molecule has 1 heterocycles. The number of carbonyl (C=O) groups excluding carboxylic acids is 1. The number of pyridine rings is 1. The molecule has 0 aliphatic heterocycles. The van der Waals surface area contributed by atoms with Crippen molar-refractivity contribution in [2.75, 3.05) is 0 Å². The van der Waals surface area contributed by atoms with E-state index in [1.54, 1.807) is 19.9 Å². The van der Waals surface area contributed by atoms with Crippen molar-refractivity contribution >= 4 is 11.9 Å². The van der Waals surface area contributed by atoms with Gasteiger partial charge in [-0.3, -0.25) is 9.59 Å². The smallest absolute Gasteiger partial charge is 0.326 e. The molecule has 0 saturated heterocycles. The lowest BCUT2D eigenvalue weighted by Crippen LogP contribution is -2.44. The highest BCUT2D eigenvalue weighted by molar-refractivity contribution is 5.96. The van der Waals surface area contributed by atoms with Crippen molar-refractivity contribution in [2.24, 2.45) is 5.92 Å². The zero-order valence-corrected chi connectivity index (χ0v) is 12.1. The molecule has 0 radical (unpaired) electrons. The summed E-state index contributed by atoms with van der Waals surface area (Å²) in [6, 6.07) is 1.76. The van der Waals surface area contributed by atoms with Gasteiger partial charge in [0, 0.05) is 17.3 Å². The molecule has 0 aliphatic rings. The van der Waals surface area contributed by atoms with Crippen LogP contribution in [0.1, 0.15) is 49.7 Å². The number of hydrogen-bond acceptors (Lipinski definition) is 3. The number of amides is 1. The Labute approximate surface area is 117 Å². The topological polar surface area (TPSA) is 99.3 Å². The standard InChI is InChI=1S/C14H20N2O4/c1-7(2)10-5-9(6-11(17)15-10)13(18)16-12(8(3)4)14(19)20/h5-8,12H,1-4H3,(H,15,17)(H,16,18)(H,19,20)/t12-/m1/s1. The van der Waals surface area contributed by atoms with Gasteiger partial charge in [-0.15, -0.1) is 0 Å². The van der Waals surface area contributed by atoms with Crippen LogP contribution in [0.4, 0.5) is 0 Å². The normalized spacial score (nSPS) is 12.5. The van der Waals surface area contributed by atoms with Crippen LogP contribution >= 0.6 is 0 Å². The molecule has 1 aromatic rings. The van der Waals surface area contributed by atoms with E-state index in [1.807, 2.05) is 13.8 Å². The summed E-state index contributed by atoms with van der Waals surface area (Å²) >= 11 is 0. The first kappa shape index (κ1) is 15.9. The molecule has 20 heavy (non-hydrogen) atoms. The molecule has 0 saturated carbocycles. The Balaban J connectivity index is 3.03. The van der Waals surface area contributed by atoms with Gasteiger partial charge >= 0.3 is 5.97 Å². The minimum Gasteiger partial charge on any atom is -0.480 e. The van der Waals surface area contributed by atoms with Crippen molar-refractivity contribution in [3.05, 3.63) is 33.7 Å². The predicted octanol–water partition coefficient (Wildman–Crippen LogP) is 1.34. The molecule has 1 amide bonds. The van der Waals surface area contributed by atoms with Gasteiger partial charge < -0.3 is 15.4 Å². The number of carboxylic acid groups (broad SMARTS) is 1. The van der Waals surface area contributed by atoms with Crippen molar-refractivity contribution < 1.29 is 14.7 Å². The molecule has 1 atom stereocenters. The van der Waals surface area contributed by atoms with Crippen LogP contribution in [0.2, 0.25) is 0 Å². The summed E-state index contributed by atoms with van der Waals surface area (Å²) in [6.45, 7) is 7.19. The third-order valence-corrected chi connectivity index (χ3v) is 2.97. The number of rotatable bonds is 5. The summed E-state index contributed by atoms with van der Waals surface area (Å²) in [5, 5.41) is 11.5. The van der Waals surface area contributed by atoms with Gasteiger partial charge in [-0.2, -0.15) is 0 Å². The molecule has 3 N–H and O–H groups in total. The predicted molar refractivity (Wildman–Crippen MR) is 74.9 cm³/mol. The van der Waals surface area contributed by atoms with Crippen LogP contribution < -0.4 is 10.9 Å². The van der Waals surface area contributed by atoms with Crippen molar-refractivity contribution in [3.63, 3.8) is 0 Å². The fraction of sp³-hybridized carbons (Fsp3) is 0.500. The van der Waals surface area contributed by atoms with Gasteiger partial charge in [0.05, 0.1) is 0 Å². The van der Waals surface area contributed by atoms with Gasteiger partial charge in [-0.25, -0.2) is 4.79 Å². The highest BCUT2D eigenvalue weighted by Gasteiger charge is 2.24. The summed E-state index contributed by atoms with van der Waals surface area (Å²) < 4.78 is 0. The van der Waals surface area contributed by atoms with E-state index in [2.05, 4.69) is 10.3 Å². The lowest BCUT2D eigenvalue weighted by atomic mass is 10.0. The SMILES string of the molecule is CC(C)c1cc(C(=O)N[C@@H](C(=O)O)C(C)C)cc(=O)[nH]1. The molecular formula is C14H20N2O4. The Morgan fingerprint density at radius 3 is 2.25 bits per heavy atom. The quantitative estimate of drug-likeness (QED) is 0.757. The number of carbonyl (C=O) groups is 2. The second-order valence-electron chi connectivity index (χ2n) is 5.38. The molecule has 0 spiro atoms. The Bertz CT molecular complexity index is 561. The van der Waals surface area contributed by atoms with Crippen LogP contribution in [0.25, 0.3) is 0 Å². The molecule has 1 aromatic heterocycles. The molecule has 0 bridgehead atoms. The molecule has 6 nitrogen and oxygen atoms in total. The summed E-state index contributed by atoms with van der Waals surface area (Å²) in [7, 11) is 0. The number of aromatic amines is 1. The van der Waals surface area contributed by atoms with Crippen LogP contribution in [-0.2, 0) is 4.79 Å². The minimum absolute atomic E-state index is 0.0656.